The molecule has 0 radical (unpaired) electrons. The molecular weight excluding hydrogens is 188 g/mol. The van der Waals surface area contributed by atoms with E-state index in [2.05, 4.69) is 4.98 Å². The lowest BCUT2D eigenvalue weighted by molar-refractivity contribution is 0.860. The minimum absolute atomic E-state index is 0.0347. The van der Waals surface area contributed by atoms with Crippen LogP contribution in [0.5, 0.6) is 0 Å². The Labute approximate surface area is 89.0 Å². The van der Waals surface area contributed by atoms with Gasteiger partial charge in [0.25, 0.3) is 0 Å². The van der Waals surface area contributed by atoms with Crippen molar-refractivity contribution in [3.05, 3.63) is 64.8 Å². The predicted molar refractivity (Wildman–Crippen MR) is 60.7 cm³/mol. The van der Waals surface area contributed by atoms with Gasteiger partial charge in [0.15, 0.2) is 0 Å². The largest absolute Gasteiger partial charge is 0.319 e. The molecule has 0 aliphatic carbocycles. The van der Waals surface area contributed by atoms with Crippen molar-refractivity contribution in [1.82, 2.24) is 9.55 Å². The van der Waals surface area contributed by atoms with Crippen molar-refractivity contribution in [3.8, 4) is 0 Å². The van der Waals surface area contributed by atoms with Gasteiger partial charge in [0, 0.05) is 31.2 Å². The summed E-state index contributed by atoms with van der Waals surface area (Å²) in [6.07, 6.45) is 3.51. The molecule has 0 atom stereocenters. The Balaban J connectivity index is 0.000000151. The number of pyridine rings is 2. The van der Waals surface area contributed by atoms with Crippen LogP contribution in [0.25, 0.3) is 0 Å². The number of hydrogen-bond acceptors (Lipinski definition) is 2. The van der Waals surface area contributed by atoms with Gasteiger partial charge in [-0.05, 0) is 25.1 Å². The molecule has 2 aromatic rings. The van der Waals surface area contributed by atoms with Crippen molar-refractivity contribution >= 4 is 0 Å². The summed E-state index contributed by atoms with van der Waals surface area (Å²) in [6.45, 7) is 1.97. The monoisotopic (exact) mass is 202 g/mol. The molecule has 0 amide bonds. The fourth-order valence-corrected chi connectivity index (χ4v) is 0.956. The number of hydrogen-bond donors (Lipinski definition) is 0. The molecule has 15 heavy (non-hydrogen) atoms. The fourth-order valence-electron chi connectivity index (χ4n) is 0.956. The highest BCUT2D eigenvalue weighted by Gasteiger charge is 1.79. The number of rotatable bonds is 0. The average molecular weight is 202 g/mol. The van der Waals surface area contributed by atoms with Gasteiger partial charge in [-0.25, -0.2) is 0 Å². The van der Waals surface area contributed by atoms with Crippen molar-refractivity contribution in [2.24, 2.45) is 7.05 Å². The molecular formula is C12H14N2O. The quantitative estimate of drug-likeness (QED) is 0.652. The molecule has 0 N–H and O–H groups in total. The van der Waals surface area contributed by atoms with Gasteiger partial charge in [0.2, 0.25) is 5.56 Å². The maximum atomic E-state index is 10.6. The summed E-state index contributed by atoms with van der Waals surface area (Å²) < 4.78 is 1.53. The van der Waals surface area contributed by atoms with Gasteiger partial charge >= 0.3 is 0 Å². The number of aryl methyl sites for hydroxylation is 2. The number of aromatic nitrogens is 2. The van der Waals surface area contributed by atoms with E-state index in [0.717, 1.165) is 5.69 Å². The summed E-state index contributed by atoms with van der Waals surface area (Å²) in [5, 5.41) is 0. The normalized spacial score (nSPS) is 8.93. The van der Waals surface area contributed by atoms with E-state index >= 15 is 0 Å². The molecule has 0 spiro atoms. The zero-order valence-corrected chi connectivity index (χ0v) is 8.92. The van der Waals surface area contributed by atoms with Gasteiger partial charge in [0.05, 0.1) is 0 Å². The third-order valence-corrected chi connectivity index (χ3v) is 1.82. The van der Waals surface area contributed by atoms with Gasteiger partial charge in [0.1, 0.15) is 0 Å². The van der Waals surface area contributed by atoms with E-state index in [0.29, 0.717) is 0 Å². The summed E-state index contributed by atoms with van der Waals surface area (Å²) in [6, 6.07) is 10.9. The summed E-state index contributed by atoms with van der Waals surface area (Å²) in [7, 11) is 1.72. The summed E-state index contributed by atoms with van der Waals surface area (Å²) in [5.41, 5.74) is 1.11. The standard InChI is InChI=1S/C6H7NO.C6H7N/c1-7-5-3-2-4-6(7)8;1-6-4-2-3-5-7-6/h2-5H,1H3;2-5H,1H3. The van der Waals surface area contributed by atoms with E-state index < -0.39 is 0 Å². The van der Waals surface area contributed by atoms with Crippen molar-refractivity contribution in [3.63, 3.8) is 0 Å². The summed E-state index contributed by atoms with van der Waals surface area (Å²) >= 11 is 0. The first-order chi connectivity index (χ1) is 7.20. The highest BCUT2D eigenvalue weighted by Crippen LogP contribution is 1.86. The zero-order chi connectivity index (χ0) is 11.1. The molecule has 78 valence electrons. The maximum Gasteiger partial charge on any atom is 0.250 e. The predicted octanol–water partition coefficient (Wildman–Crippen LogP) is 1.78. The van der Waals surface area contributed by atoms with Gasteiger partial charge in [-0.2, -0.15) is 0 Å². The van der Waals surface area contributed by atoms with Crippen molar-refractivity contribution in [2.75, 3.05) is 0 Å². The second-order valence-corrected chi connectivity index (χ2v) is 3.12. The van der Waals surface area contributed by atoms with Crippen LogP contribution in [0.3, 0.4) is 0 Å². The van der Waals surface area contributed by atoms with E-state index in [1.54, 1.807) is 25.5 Å². The van der Waals surface area contributed by atoms with E-state index in [4.69, 9.17) is 0 Å². The molecule has 3 heteroatoms. The molecule has 0 aliphatic rings. The Morgan fingerprint density at radius 2 is 1.87 bits per heavy atom. The molecule has 0 fully saturated rings. The molecule has 0 bridgehead atoms. The third-order valence-electron chi connectivity index (χ3n) is 1.82. The Kier molecular flexibility index (Phi) is 4.29. The maximum absolute atomic E-state index is 10.6. The lowest BCUT2D eigenvalue weighted by Crippen LogP contribution is -2.12. The van der Waals surface area contributed by atoms with Gasteiger partial charge in [-0.1, -0.05) is 12.1 Å². The zero-order valence-electron chi connectivity index (χ0n) is 8.92. The Morgan fingerprint density at radius 3 is 2.20 bits per heavy atom. The average Bonchev–Trinajstić information content (AvgIpc) is 2.25. The van der Waals surface area contributed by atoms with Crippen molar-refractivity contribution in [1.29, 1.82) is 0 Å². The first kappa shape index (κ1) is 11.2. The van der Waals surface area contributed by atoms with E-state index in [1.807, 2.05) is 31.2 Å². The molecule has 0 saturated carbocycles. The Hall–Kier alpha value is -1.90. The van der Waals surface area contributed by atoms with Crippen LogP contribution in [0.15, 0.2) is 53.6 Å². The lowest BCUT2D eigenvalue weighted by Gasteiger charge is -1.89. The molecule has 0 aliphatic heterocycles. The molecule has 0 saturated heterocycles. The van der Waals surface area contributed by atoms with E-state index in [1.165, 1.54) is 10.6 Å². The Morgan fingerprint density at radius 1 is 1.13 bits per heavy atom. The van der Waals surface area contributed by atoms with Crippen LogP contribution in [-0.2, 0) is 7.05 Å². The van der Waals surface area contributed by atoms with Crippen LogP contribution in [0.4, 0.5) is 0 Å². The summed E-state index contributed by atoms with van der Waals surface area (Å²) in [5.74, 6) is 0. The van der Waals surface area contributed by atoms with Crippen LogP contribution < -0.4 is 5.56 Å². The number of nitrogens with zero attached hydrogens (tertiary/aromatic N) is 2. The molecule has 2 aromatic heterocycles. The van der Waals surface area contributed by atoms with Crippen LogP contribution in [0.2, 0.25) is 0 Å². The molecule has 0 aromatic carbocycles. The van der Waals surface area contributed by atoms with Crippen LogP contribution in [0, 0.1) is 6.92 Å². The second-order valence-electron chi connectivity index (χ2n) is 3.12. The van der Waals surface area contributed by atoms with Crippen LogP contribution in [-0.4, -0.2) is 9.55 Å². The van der Waals surface area contributed by atoms with Crippen molar-refractivity contribution < 1.29 is 0 Å². The second kappa shape index (κ2) is 5.75. The molecule has 2 rings (SSSR count). The van der Waals surface area contributed by atoms with Crippen LogP contribution >= 0.6 is 0 Å². The fraction of sp³-hybridized carbons (Fsp3) is 0.167. The van der Waals surface area contributed by atoms with Crippen molar-refractivity contribution in [2.45, 2.75) is 6.92 Å². The highest BCUT2D eigenvalue weighted by atomic mass is 16.1. The first-order valence-electron chi connectivity index (χ1n) is 4.69. The minimum Gasteiger partial charge on any atom is -0.319 e. The smallest absolute Gasteiger partial charge is 0.250 e. The molecule has 0 unspecified atom stereocenters. The van der Waals surface area contributed by atoms with Gasteiger partial charge in [-0.3, -0.25) is 9.78 Å². The van der Waals surface area contributed by atoms with Crippen LogP contribution in [0.1, 0.15) is 5.69 Å². The topological polar surface area (TPSA) is 34.9 Å². The summed E-state index contributed by atoms with van der Waals surface area (Å²) in [4.78, 5) is 14.6. The van der Waals surface area contributed by atoms with E-state index in [-0.39, 0.29) is 5.56 Å². The van der Waals surface area contributed by atoms with E-state index in [9.17, 15) is 4.79 Å². The van der Waals surface area contributed by atoms with Gasteiger partial charge < -0.3 is 4.57 Å². The molecule has 3 nitrogen and oxygen atoms in total. The Bertz CT molecular complexity index is 448. The lowest BCUT2D eigenvalue weighted by atomic mass is 10.4. The third kappa shape index (κ3) is 4.22. The minimum atomic E-state index is 0.0347. The van der Waals surface area contributed by atoms with Gasteiger partial charge in [-0.15, -0.1) is 0 Å². The SMILES string of the molecule is Cc1ccccn1.Cn1ccccc1=O. The first-order valence-corrected chi connectivity index (χ1v) is 4.69. The highest BCUT2D eigenvalue weighted by molar-refractivity contribution is 4.99. The molecule has 2 heterocycles.